The zero-order chi connectivity index (χ0) is 37.8. The number of nitrogens with one attached hydrogen (secondary N) is 1. The summed E-state index contributed by atoms with van der Waals surface area (Å²) in [4.78, 5) is 73.2. The molecule has 5 rings (SSSR count). The molecular weight excluding hydrogens is 677 g/mol. The van der Waals surface area contributed by atoms with Crippen molar-refractivity contribution >= 4 is 51.5 Å². The third-order valence-corrected chi connectivity index (χ3v) is 8.48. The van der Waals surface area contributed by atoms with Crippen LogP contribution in [0.2, 0.25) is 0 Å². The van der Waals surface area contributed by atoms with E-state index in [0.29, 0.717) is 5.56 Å². The molecule has 3 aromatic carbocycles. The lowest BCUT2D eigenvalue weighted by Crippen LogP contribution is -2.64. The fraction of sp³-hybridized carbons (Fsp3) is 0.258. The van der Waals surface area contributed by atoms with Gasteiger partial charge in [0.15, 0.2) is 17.1 Å². The molecule has 3 aromatic rings. The van der Waals surface area contributed by atoms with E-state index in [-0.39, 0.29) is 34.0 Å². The Bertz CT molecular complexity index is 2060. The quantitative estimate of drug-likeness (QED) is 0.0870. The van der Waals surface area contributed by atoms with E-state index in [9.17, 15) is 62.9 Å². The summed E-state index contributed by atoms with van der Waals surface area (Å²) in [5.41, 5.74) is 0.693. The van der Waals surface area contributed by atoms with Gasteiger partial charge in [-0.05, 0) is 56.1 Å². The number of para-hydroxylation sites is 1. The monoisotopic (exact) mass is 704 g/mol. The first-order valence-corrected chi connectivity index (χ1v) is 14.1. The van der Waals surface area contributed by atoms with Crippen LogP contribution in [0, 0.1) is 23.0 Å². The Balaban J connectivity index is 0.000000727. The number of nitro benzene ring substituents is 1. The lowest BCUT2D eigenvalue weighted by Gasteiger charge is -2.47. The van der Waals surface area contributed by atoms with Crippen LogP contribution in [0.3, 0.4) is 0 Å². The van der Waals surface area contributed by atoms with Crippen molar-refractivity contribution in [1.82, 2.24) is 4.90 Å². The highest BCUT2D eigenvalue weighted by Gasteiger charge is 2.62. The lowest BCUT2D eigenvalue weighted by atomic mass is 9.61. The van der Waals surface area contributed by atoms with Gasteiger partial charge in [0.25, 0.3) is 17.5 Å². The third-order valence-electron chi connectivity index (χ3n) is 8.48. The normalized spacial score (nSPS) is 20.1. The van der Waals surface area contributed by atoms with Crippen LogP contribution < -0.4 is 11.1 Å². The molecule has 0 aromatic heterocycles. The van der Waals surface area contributed by atoms with Crippen LogP contribution in [0.4, 0.5) is 24.5 Å². The number of nitrogens with zero attached hydrogens (tertiary/aromatic N) is 2. The average Bonchev–Trinajstić information content (AvgIpc) is 3.01. The van der Waals surface area contributed by atoms with Crippen LogP contribution in [0.25, 0.3) is 10.8 Å². The Morgan fingerprint density at radius 3 is 2.16 bits per heavy atom. The van der Waals surface area contributed by atoms with E-state index in [1.807, 2.05) is 0 Å². The molecular formula is C31H27F3N4O12. The number of fused-ring (bicyclic) bond motifs is 3. The number of carboxylic acids is 1. The number of carboxylic acid groups (broad SMARTS) is 1. The number of aryl methyl sites for hydroxylation is 1. The summed E-state index contributed by atoms with van der Waals surface area (Å²) in [6.45, 7) is 1.59. The summed E-state index contributed by atoms with van der Waals surface area (Å²) in [6.07, 6.45) is -5.28. The minimum absolute atomic E-state index is 0.200. The molecule has 0 aliphatic heterocycles. The number of primary amides is 1. The molecule has 0 unspecified atom stereocenters. The van der Waals surface area contributed by atoms with Gasteiger partial charge >= 0.3 is 12.1 Å². The van der Waals surface area contributed by atoms with Gasteiger partial charge in [-0.1, -0.05) is 18.2 Å². The number of nitrogens with two attached hydrogens (primary N) is 1. The number of anilines is 1. The minimum atomic E-state index is -5.08. The molecule has 2 aliphatic carbocycles. The molecule has 0 fully saturated rings. The van der Waals surface area contributed by atoms with Crippen LogP contribution in [0.1, 0.15) is 31.8 Å². The number of Topliss-reactive ketones (excluding diaryl/α,β-unsaturated/α-hetero) is 2. The second-order valence-electron chi connectivity index (χ2n) is 11.5. The topological polar surface area (TPSA) is 271 Å². The van der Waals surface area contributed by atoms with Gasteiger partial charge in [-0.15, -0.1) is 0 Å². The first-order valence-electron chi connectivity index (χ1n) is 14.1. The molecule has 8 N–H and O–H groups in total. The maximum absolute atomic E-state index is 14.0. The predicted octanol–water partition coefficient (Wildman–Crippen LogP) is 2.25. The fourth-order valence-electron chi connectivity index (χ4n) is 6.20. The van der Waals surface area contributed by atoms with Crippen molar-refractivity contribution in [2.24, 2.45) is 11.7 Å². The number of carbonyl (C=O) groups is 5. The number of aromatic hydroxyl groups is 2. The van der Waals surface area contributed by atoms with Gasteiger partial charge in [-0.25, -0.2) is 4.79 Å². The largest absolute Gasteiger partial charge is 0.508 e. The van der Waals surface area contributed by atoms with E-state index in [2.05, 4.69) is 5.32 Å². The van der Waals surface area contributed by atoms with Crippen molar-refractivity contribution in [2.45, 2.75) is 31.2 Å². The Labute approximate surface area is 278 Å². The fourth-order valence-corrected chi connectivity index (χ4v) is 6.20. The van der Waals surface area contributed by atoms with Crippen molar-refractivity contribution in [3.05, 3.63) is 80.1 Å². The number of halogens is 3. The molecule has 0 saturated heterocycles. The van der Waals surface area contributed by atoms with E-state index in [4.69, 9.17) is 15.6 Å². The molecule has 0 saturated carbocycles. The van der Waals surface area contributed by atoms with Gasteiger partial charge in [0, 0.05) is 12.0 Å². The van der Waals surface area contributed by atoms with Gasteiger partial charge in [-0.2, -0.15) is 13.2 Å². The molecule has 19 heteroatoms. The number of likely N-dealkylation sites (N-methyl/N-ethyl adjacent to an activating group) is 1. The highest BCUT2D eigenvalue weighted by atomic mass is 19.4. The number of aliphatic carboxylic acids is 1. The lowest BCUT2D eigenvalue weighted by molar-refractivity contribution is -0.385. The van der Waals surface area contributed by atoms with Gasteiger partial charge < -0.3 is 36.6 Å². The number of hydrogen-bond acceptors (Lipinski definition) is 12. The Hall–Kier alpha value is -6.08. The highest BCUT2D eigenvalue weighted by molar-refractivity contribution is 6.25. The Morgan fingerprint density at radius 2 is 1.64 bits per heavy atom. The average molecular weight is 705 g/mol. The predicted molar refractivity (Wildman–Crippen MR) is 165 cm³/mol. The summed E-state index contributed by atoms with van der Waals surface area (Å²) >= 11 is 0. The second-order valence-corrected chi connectivity index (χ2v) is 11.5. The third kappa shape index (κ3) is 5.81. The van der Waals surface area contributed by atoms with Crippen molar-refractivity contribution in [2.75, 3.05) is 19.4 Å². The zero-order valence-corrected chi connectivity index (χ0v) is 26.0. The standard InChI is InChI=1S/C29H26N4O10.C2HF3O2/c1-11-12-8-9-16(31-28(40)13-6-4-5-7-17(13)33(42)43)22(34)18(12)23(35)19-14(11)10-15-21(32(2)3)24(36)20(27(30)39)26(38)29(15,41)25(19)37;3-2(4,5)1(6)7/h4-9,15,21,34-35,38,41H,10H2,1-3H3,(H2,30,39)(H,31,40);(H,6,7)/t15-,21-,29-;/m0./s1. The van der Waals surface area contributed by atoms with Crippen molar-refractivity contribution in [3.63, 3.8) is 0 Å². The van der Waals surface area contributed by atoms with E-state index in [1.165, 1.54) is 49.3 Å². The SMILES string of the molecule is Cc1c2c(c(O)c3c(O)c(NC(=O)c4ccccc4[N+](=O)[O-])ccc13)C(=O)[C@]1(O)C(O)=C(C(N)=O)C(=O)[C@@H](N(C)C)[C@@H]1C2.O=C(O)C(F)(F)F. The van der Waals surface area contributed by atoms with Gasteiger partial charge in [0.05, 0.1) is 27.6 Å². The maximum atomic E-state index is 14.0. The van der Waals surface area contributed by atoms with E-state index in [1.54, 1.807) is 6.92 Å². The van der Waals surface area contributed by atoms with Crippen LogP contribution in [-0.4, -0.2) is 96.6 Å². The Kier molecular flexibility index (Phi) is 9.37. The van der Waals surface area contributed by atoms with E-state index >= 15 is 0 Å². The molecule has 264 valence electrons. The molecule has 16 nitrogen and oxygen atoms in total. The van der Waals surface area contributed by atoms with Crippen LogP contribution in [-0.2, 0) is 20.8 Å². The van der Waals surface area contributed by atoms with Gasteiger partial charge in [-0.3, -0.25) is 34.2 Å². The number of nitro groups is 1. The molecule has 0 radical (unpaired) electrons. The van der Waals surface area contributed by atoms with E-state index in [0.717, 1.165) is 6.07 Å². The molecule has 0 spiro atoms. The molecule has 50 heavy (non-hydrogen) atoms. The van der Waals surface area contributed by atoms with Gasteiger partial charge in [0.2, 0.25) is 5.78 Å². The minimum Gasteiger partial charge on any atom is -0.508 e. The molecule has 0 bridgehead atoms. The molecule has 2 amide bonds. The molecule has 3 atom stereocenters. The second kappa shape index (κ2) is 12.7. The molecule has 2 aliphatic rings. The highest BCUT2D eigenvalue weighted by Crippen LogP contribution is 2.51. The smallest absolute Gasteiger partial charge is 0.490 e. The number of benzene rings is 3. The van der Waals surface area contributed by atoms with Crippen LogP contribution >= 0.6 is 0 Å². The van der Waals surface area contributed by atoms with Crippen LogP contribution in [0.5, 0.6) is 11.5 Å². The van der Waals surface area contributed by atoms with Gasteiger partial charge in [0.1, 0.15) is 22.6 Å². The number of aliphatic hydroxyl groups excluding tert-OH is 1. The summed E-state index contributed by atoms with van der Waals surface area (Å²) in [5.74, 6) is -11.1. The number of aliphatic hydroxyl groups is 2. The summed E-state index contributed by atoms with van der Waals surface area (Å²) < 4.78 is 31.7. The van der Waals surface area contributed by atoms with Crippen LogP contribution in [0.15, 0.2) is 47.7 Å². The first-order chi connectivity index (χ1) is 23.1. The van der Waals surface area contributed by atoms with Crippen molar-refractivity contribution in [1.29, 1.82) is 0 Å². The number of phenols is 2. The number of rotatable bonds is 5. The summed E-state index contributed by atoms with van der Waals surface area (Å²) in [7, 11) is 2.99. The Morgan fingerprint density at radius 1 is 1.06 bits per heavy atom. The number of ketones is 2. The van der Waals surface area contributed by atoms with E-state index < -0.39 is 92.1 Å². The summed E-state index contributed by atoms with van der Waals surface area (Å²) in [6, 6.07) is 6.66. The number of carbonyl (C=O) groups excluding carboxylic acids is 4. The number of hydrogen-bond donors (Lipinski definition) is 7. The number of alkyl halides is 3. The maximum Gasteiger partial charge on any atom is 0.490 e. The van der Waals surface area contributed by atoms with Crippen molar-refractivity contribution < 1.29 is 67.6 Å². The number of amides is 2. The van der Waals surface area contributed by atoms with Crippen molar-refractivity contribution in [3.8, 4) is 11.5 Å². The summed E-state index contributed by atoms with van der Waals surface area (Å²) in [5, 5.41) is 66.1. The number of phenolic OH excluding ortho intramolecular Hbond substituents is 2. The molecule has 0 heterocycles. The zero-order valence-electron chi connectivity index (χ0n) is 26.0. The first kappa shape index (κ1) is 36.8.